The van der Waals surface area contributed by atoms with Crippen molar-refractivity contribution in [1.82, 2.24) is 10.3 Å². The highest BCUT2D eigenvalue weighted by atomic mass is 32.1. The molecule has 11 heavy (non-hydrogen) atoms. The van der Waals surface area contributed by atoms with Crippen molar-refractivity contribution in [2.45, 2.75) is 26.8 Å². The summed E-state index contributed by atoms with van der Waals surface area (Å²) in [5, 5.41) is 4.50. The lowest BCUT2D eigenvalue weighted by atomic mass is 10.5. The number of hydrogen-bond donors (Lipinski definition) is 1. The average molecular weight is 170 g/mol. The molecule has 2 nitrogen and oxygen atoms in total. The zero-order valence-corrected chi connectivity index (χ0v) is 7.87. The van der Waals surface area contributed by atoms with Crippen molar-refractivity contribution < 1.29 is 0 Å². The highest BCUT2D eigenvalue weighted by molar-refractivity contribution is 7.11. The van der Waals surface area contributed by atoms with Crippen LogP contribution in [-0.2, 0) is 6.54 Å². The minimum absolute atomic E-state index is 0.923. The molecule has 0 aliphatic carbocycles. The molecule has 62 valence electrons. The predicted molar refractivity (Wildman–Crippen MR) is 48.8 cm³/mol. The van der Waals surface area contributed by atoms with Crippen LogP contribution in [-0.4, -0.2) is 11.5 Å². The first kappa shape index (κ1) is 8.68. The molecule has 0 saturated heterocycles. The van der Waals surface area contributed by atoms with Crippen LogP contribution in [0.4, 0.5) is 0 Å². The molecule has 3 heteroatoms. The standard InChI is InChI=1S/C8H14N2S/c1-3-4-9-6-8-10-5-7(2)11-8/h5,9H,3-4,6H2,1-2H3. The fourth-order valence-corrected chi connectivity index (χ4v) is 1.61. The van der Waals surface area contributed by atoms with E-state index in [0.29, 0.717) is 0 Å². The van der Waals surface area contributed by atoms with E-state index >= 15 is 0 Å². The lowest BCUT2D eigenvalue weighted by Crippen LogP contribution is -2.13. The maximum absolute atomic E-state index is 4.24. The zero-order chi connectivity index (χ0) is 8.10. The van der Waals surface area contributed by atoms with Gasteiger partial charge in [-0.2, -0.15) is 0 Å². The summed E-state index contributed by atoms with van der Waals surface area (Å²) in [5.74, 6) is 0. The molecule has 1 N–H and O–H groups in total. The van der Waals surface area contributed by atoms with Crippen molar-refractivity contribution in [3.05, 3.63) is 16.1 Å². The molecular formula is C8H14N2S. The van der Waals surface area contributed by atoms with Crippen LogP contribution in [0, 0.1) is 6.92 Å². The maximum atomic E-state index is 4.24. The number of nitrogens with one attached hydrogen (secondary N) is 1. The van der Waals surface area contributed by atoms with Crippen LogP contribution in [0.5, 0.6) is 0 Å². The molecule has 0 aliphatic heterocycles. The molecule has 0 saturated carbocycles. The highest BCUT2D eigenvalue weighted by Crippen LogP contribution is 2.09. The number of thiazole rings is 1. The van der Waals surface area contributed by atoms with E-state index in [0.717, 1.165) is 13.1 Å². The Labute approximate surface area is 71.7 Å². The van der Waals surface area contributed by atoms with Crippen LogP contribution in [0.3, 0.4) is 0 Å². The third-order valence-corrected chi connectivity index (χ3v) is 2.28. The Hall–Kier alpha value is -0.410. The lowest BCUT2D eigenvalue weighted by Gasteiger charge is -1.96. The van der Waals surface area contributed by atoms with Crippen LogP contribution < -0.4 is 5.32 Å². The van der Waals surface area contributed by atoms with E-state index in [9.17, 15) is 0 Å². The van der Waals surface area contributed by atoms with Gasteiger partial charge in [0.25, 0.3) is 0 Å². The van der Waals surface area contributed by atoms with Crippen molar-refractivity contribution in [1.29, 1.82) is 0 Å². The third kappa shape index (κ3) is 2.99. The number of hydrogen-bond acceptors (Lipinski definition) is 3. The molecule has 0 spiro atoms. The number of nitrogens with zero attached hydrogens (tertiary/aromatic N) is 1. The Morgan fingerprint density at radius 1 is 1.64 bits per heavy atom. The maximum Gasteiger partial charge on any atom is 0.107 e. The van der Waals surface area contributed by atoms with Gasteiger partial charge in [-0.3, -0.25) is 0 Å². The number of aromatic nitrogens is 1. The number of rotatable bonds is 4. The van der Waals surface area contributed by atoms with Gasteiger partial charge >= 0.3 is 0 Å². The van der Waals surface area contributed by atoms with Crippen molar-refractivity contribution in [3.63, 3.8) is 0 Å². The Morgan fingerprint density at radius 2 is 2.45 bits per heavy atom. The van der Waals surface area contributed by atoms with Gasteiger partial charge in [0.2, 0.25) is 0 Å². The summed E-state index contributed by atoms with van der Waals surface area (Å²) in [4.78, 5) is 5.53. The second-order valence-electron chi connectivity index (χ2n) is 2.54. The second-order valence-corrected chi connectivity index (χ2v) is 3.86. The van der Waals surface area contributed by atoms with E-state index in [4.69, 9.17) is 0 Å². The van der Waals surface area contributed by atoms with Crippen molar-refractivity contribution in [2.24, 2.45) is 0 Å². The smallest absolute Gasteiger partial charge is 0.107 e. The van der Waals surface area contributed by atoms with Gasteiger partial charge in [0, 0.05) is 17.6 Å². The van der Waals surface area contributed by atoms with Gasteiger partial charge in [-0.1, -0.05) is 6.92 Å². The molecule has 0 aliphatic rings. The van der Waals surface area contributed by atoms with Gasteiger partial charge in [0.15, 0.2) is 0 Å². The van der Waals surface area contributed by atoms with Gasteiger partial charge in [-0.05, 0) is 19.9 Å². The van der Waals surface area contributed by atoms with Crippen LogP contribution >= 0.6 is 11.3 Å². The van der Waals surface area contributed by atoms with Gasteiger partial charge in [-0.25, -0.2) is 4.98 Å². The summed E-state index contributed by atoms with van der Waals surface area (Å²) >= 11 is 1.76. The van der Waals surface area contributed by atoms with Crippen LogP contribution in [0.25, 0.3) is 0 Å². The molecule has 0 aromatic carbocycles. The molecule has 0 radical (unpaired) electrons. The van der Waals surface area contributed by atoms with Gasteiger partial charge in [-0.15, -0.1) is 11.3 Å². The average Bonchev–Trinajstić information content (AvgIpc) is 2.37. The largest absolute Gasteiger partial charge is 0.310 e. The predicted octanol–water partition coefficient (Wildman–Crippen LogP) is 1.95. The summed E-state index contributed by atoms with van der Waals surface area (Å²) < 4.78 is 0. The summed E-state index contributed by atoms with van der Waals surface area (Å²) in [7, 11) is 0. The Kier molecular flexibility index (Phi) is 3.52. The summed E-state index contributed by atoms with van der Waals surface area (Å²) in [6, 6.07) is 0. The quantitative estimate of drug-likeness (QED) is 0.699. The topological polar surface area (TPSA) is 24.9 Å². The molecule has 1 rings (SSSR count). The minimum atomic E-state index is 0.923. The normalized spacial score (nSPS) is 10.4. The SMILES string of the molecule is CCCNCc1ncc(C)s1. The second kappa shape index (κ2) is 4.46. The van der Waals surface area contributed by atoms with E-state index in [1.807, 2.05) is 6.20 Å². The van der Waals surface area contributed by atoms with Crippen LogP contribution in [0.1, 0.15) is 23.2 Å². The molecule has 1 aromatic heterocycles. The highest BCUT2D eigenvalue weighted by Gasteiger charge is 1.95. The van der Waals surface area contributed by atoms with Crippen molar-refractivity contribution in [3.8, 4) is 0 Å². The third-order valence-electron chi connectivity index (χ3n) is 1.37. The first-order chi connectivity index (χ1) is 5.33. The lowest BCUT2D eigenvalue weighted by molar-refractivity contribution is 0.673. The van der Waals surface area contributed by atoms with Crippen molar-refractivity contribution in [2.75, 3.05) is 6.54 Å². The summed E-state index contributed by atoms with van der Waals surface area (Å²) in [6.45, 7) is 6.26. The molecule has 0 fully saturated rings. The van der Waals surface area contributed by atoms with E-state index in [1.54, 1.807) is 11.3 Å². The Balaban J connectivity index is 2.27. The fourth-order valence-electron chi connectivity index (χ4n) is 0.855. The molecule has 0 bridgehead atoms. The first-order valence-corrected chi connectivity index (χ1v) is 4.76. The van der Waals surface area contributed by atoms with Crippen LogP contribution in [0.15, 0.2) is 6.20 Å². The van der Waals surface area contributed by atoms with Crippen LogP contribution in [0.2, 0.25) is 0 Å². The van der Waals surface area contributed by atoms with E-state index in [2.05, 4.69) is 24.1 Å². The molecule has 0 unspecified atom stereocenters. The Bertz CT molecular complexity index is 208. The molecule has 0 amide bonds. The summed E-state index contributed by atoms with van der Waals surface area (Å²) in [6.07, 6.45) is 3.11. The van der Waals surface area contributed by atoms with Gasteiger partial charge in [0.05, 0.1) is 0 Å². The molecule has 0 atom stereocenters. The van der Waals surface area contributed by atoms with E-state index in [-0.39, 0.29) is 0 Å². The fraction of sp³-hybridized carbons (Fsp3) is 0.625. The van der Waals surface area contributed by atoms with Gasteiger partial charge in [0.1, 0.15) is 5.01 Å². The monoisotopic (exact) mass is 170 g/mol. The van der Waals surface area contributed by atoms with E-state index in [1.165, 1.54) is 16.3 Å². The number of aryl methyl sites for hydroxylation is 1. The van der Waals surface area contributed by atoms with Crippen molar-refractivity contribution >= 4 is 11.3 Å². The Morgan fingerprint density at radius 3 is 3.00 bits per heavy atom. The minimum Gasteiger partial charge on any atom is -0.310 e. The summed E-state index contributed by atoms with van der Waals surface area (Å²) in [5.41, 5.74) is 0. The zero-order valence-electron chi connectivity index (χ0n) is 7.05. The van der Waals surface area contributed by atoms with Gasteiger partial charge < -0.3 is 5.32 Å². The molecule has 1 heterocycles. The molecular weight excluding hydrogens is 156 g/mol. The molecule has 1 aromatic rings. The van der Waals surface area contributed by atoms with E-state index < -0.39 is 0 Å². The first-order valence-electron chi connectivity index (χ1n) is 3.95.